The molecule has 0 aliphatic carbocycles. The van der Waals surface area contributed by atoms with Crippen LogP contribution in [0.25, 0.3) is 0 Å². The number of aromatic nitrogens is 1. The van der Waals surface area contributed by atoms with Crippen LogP contribution in [0, 0.1) is 0 Å². The van der Waals surface area contributed by atoms with E-state index >= 15 is 0 Å². The second-order valence-corrected chi connectivity index (χ2v) is 4.04. The fraction of sp³-hybridized carbons (Fsp3) is 0.583. The van der Waals surface area contributed by atoms with Gasteiger partial charge in [-0.3, -0.25) is 4.98 Å². The summed E-state index contributed by atoms with van der Waals surface area (Å²) in [5.74, 6) is 0. The number of hydrogen-bond donors (Lipinski definition) is 1. The van der Waals surface area contributed by atoms with Gasteiger partial charge in [-0.2, -0.15) is 13.2 Å². The van der Waals surface area contributed by atoms with Crippen molar-refractivity contribution in [1.82, 2.24) is 10.3 Å². The normalized spacial score (nSPS) is 13.6. The molecule has 0 fully saturated rings. The molecule has 0 radical (unpaired) electrons. The van der Waals surface area contributed by atoms with Gasteiger partial charge in [-0.15, -0.1) is 0 Å². The van der Waals surface area contributed by atoms with Gasteiger partial charge in [-0.05, 0) is 31.0 Å². The largest absolute Gasteiger partial charge is 0.390 e. The van der Waals surface area contributed by atoms with Crippen LogP contribution < -0.4 is 5.32 Å². The summed E-state index contributed by atoms with van der Waals surface area (Å²) in [5, 5.41) is 2.93. The Morgan fingerprint density at radius 2 is 2.18 bits per heavy atom. The summed E-state index contributed by atoms with van der Waals surface area (Å²) in [6.07, 6.45) is -0.539. The van der Waals surface area contributed by atoms with Crippen LogP contribution in [0.4, 0.5) is 13.2 Å². The van der Waals surface area contributed by atoms with Gasteiger partial charge in [0.2, 0.25) is 0 Å². The molecule has 0 aliphatic heterocycles. The van der Waals surface area contributed by atoms with Crippen molar-refractivity contribution < 1.29 is 13.2 Å². The molecule has 1 heterocycles. The maximum absolute atomic E-state index is 12.4. The molecule has 0 amide bonds. The average molecular weight is 246 g/mol. The molecule has 1 aromatic heterocycles. The molecule has 5 heteroatoms. The van der Waals surface area contributed by atoms with Crippen LogP contribution in [0.2, 0.25) is 0 Å². The highest BCUT2D eigenvalue weighted by molar-refractivity contribution is 5.10. The monoisotopic (exact) mass is 246 g/mol. The van der Waals surface area contributed by atoms with Crippen LogP contribution in [0.5, 0.6) is 0 Å². The third-order valence-electron chi connectivity index (χ3n) is 2.37. The Labute approximate surface area is 99.3 Å². The van der Waals surface area contributed by atoms with E-state index < -0.39 is 18.6 Å². The summed E-state index contributed by atoms with van der Waals surface area (Å²) in [6.45, 7) is 2.53. The number of nitrogens with zero attached hydrogens (tertiary/aromatic N) is 1. The lowest BCUT2D eigenvalue weighted by atomic mass is 10.0. The van der Waals surface area contributed by atoms with Gasteiger partial charge in [0.05, 0.1) is 6.42 Å². The van der Waals surface area contributed by atoms with Crippen molar-refractivity contribution in [2.45, 2.75) is 38.4 Å². The predicted molar refractivity (Wildman–Crippen MR) is 60.7 cm³/mol. The first kappa shape index (κ1) is 14.0. The first-order valence-corrected chi connectivity index (χ1v) is 5.70. The third-order valence-corrected chi connectivity index (χ3v) is 2.37. The fourth-order valence-electron chi connectivity index (χ4n) is 1.65. The molecule has 0 saturated carbocycles. The molecule has 0 spiro atoms. The standard InChI is InChI=1S/C12H17F3N2/c1-2-5-17-11(8-12(13,14)15)7-10-4-3-6-16-9-10/h3-4,6,9,11,17H,2,5,7-8H2,1H3. The van der Waals surface area contributed by atoms with Crippen LogP contribution in [-0.4, -0.2) is 23.7 Å². The van der Waals surface area contributed by atoms with Gasteiger partial charge in [0.1, 0.15) is 0 Å². The molecule has 1 atom stereocenters. The highest BCUT2D eigenvalue weighted by Gasteiger charge is 2.31. The number of pyridine rings is 1. The van der Waals surface area contributed by atoms with E-state index in [9.17, 15) is 13.2 Å². The molecule has 96 valence electrons. The Hall–Kier alpha value is -1.10. The SMILES string of the molecule is CCCNC(Cc1cccnc1)CC(F)(F)F. The van der Waals surface area contributed by atoms with E-state index in [1.54, 1.807) is 24.5 Å². The van der Waals surface area contributed by atoms with Gasteiger partial charge in [0.25, 0.3) is 0 Å². The zero-order valence-corrected chi connectivity index (χ0v) is 9.80. The molecule has 0 aromatic carbocycles. The van der Waals surface area contributed by atoms with E-state index in [0.717, 1.165) is 12.0 Å². The average Bonchev–Trinajstić information content (AvgIpc) is 2.25. The minimum absolute atomic E-state index is 0.355. The van der Waals surface area contributed by atoms with Gasteiger partial charge in [-0.1, -0.05) is 13.0 Å². The van der Waals surface area contributed by atoms with Crippen molar-refractivity contribution >= 4 is 0 Å². The lowest BCUT2D eigenvalue weighted by molar-refractivity contribution is -0.139. The zero-order valence-electron chi connectivity index (χ0n) is 9.80. The van der Waals surface area contributed by atoms with Crippen molar-refractivity contribution in [3.8, 4) is 0 Å². The number of hydrogen-bond acceptors (Lipinski definition) is 2. The van der Waals surface area contributed by atoms with Crippen LogP contribution in [-0.2, 0) is 6.42 Å². The minimum Gasteiger partial charge on any atom is -0.313 e. The van der Waals surface area contributed by atoms with Gasteiger partial charge in [0.15, 0.2) is 0 Å². The topological polar surface area (TPSA) is 24.9 Å². The molecular formula is C12H17F3N2. The molecule has 17 heavy (non-hydrogen) atoms. The van der Waals surface area contributed by atoms with Gasteiger partial charge >= 0.3 is 6.18 Å². The second-order valence-electron chi connectivity index (χ2n) is 4.04. The minimum atomic E-state index is -4.13. The summed E-state index contributed by atoms with van der Waals surface area (Å²) in [4.78, 5) is 3.91. The number of alkyl halides is 3. The van der Waals surface area contributed by atoms with Gasteiger partial charge in [-0.25, -0.2) is 0 Å². The van der Waals surface area contributed by atoms with E-state index in [2.05, 4.69) is 10.3 Å². The summed E-state index contributed by atoms with van der Waals surface area (Å²) in [5.41, 5.74) is 0.824. The second kappa shape index (κ2) is 6.59. The molecule has 2 nitrogen and oxygen atoms in total. The lowest BCUT2D eigenvalue weighted by Crippen LogP contribution is -2.36. The van der Waals surface area contributed by atoms with Crippen molar-refractivity contribution in [2.75, 3.05) is 6.54 Å². The van der Waals surface area contributed by atoms with E-state index in [4.69, 9.17) is 0 Å². The molecule has 0 bridgehead atoms. The smallest absolute Gasteiger partial charge is 0.313 e. The van der Waals surface area contributed by atoms with Crippen molar-refractivity contribution in [3.05, 3.63) is 30.1 Å². The van der Waals surface area contributed by atoms with Crippen molar-refractivity contribution in [1.29, 1.82) is 0 Å². The Balaban J connectivity index is 2.57. The van der Waals surface area contributed by atoms with E-state index in [1.807, 2.05) is 6.92 Å². The Morgan fingerprint density at radius 3 is 2.71 bits per heavy atom. The Morgan fingerprint density at radius 1 is 1.41 bits per heavy atom. The van der Waals surface area contributed by atoms with Gasteiger partial charge < -0.3 is 5.32 Å². The highest BCUT2D eigenvalue weighted by Crippen LogP contribution is 2.23. The number of halogens is 3. The van der Waals surface area contributed by atoms with Gasteiger partial charge in [0, 0.05) is 18.4 Å². The maximum atomic E-state index is 12.4. The predicted octanol–water partition coefficient (Wildman–Crippen LogP) is 2.94. The first-order chi connectivity index (χ1) is 8.01. The Kier molecular flexibility index (Phi) is 5.41. The zero-order chi connectivity index (χ0) is 12.7. The molecule has 0 saturated heterocycles. The molecule has 1 unspecified atom stereocenters. The summed E-state index contributed by atoms with van der Waals surface area (Å²) >= 11 is 0. The van der Waals surface area contributed by atoms with Crippen LogP contribution >= 0.6 is 0 Å². The van der Waals surface area contributed by atoms with Crippen molar-refractivity contribution in [2.24, 2.45) is 0 Å². The highest BCUT2D eigenvalue weighted by atomic mass is 19.4. The Bertz CT molecular complexity index is 311. The lowest BCUT2D eigenvalue weighted by Gasteiger charge is -2.20. The van der Waals surface area contributed by atoms with Crippen LogP contribution in [0.3, 0.4) is 0 Å². The third kappa shape index (κ3) is 6.26. The molecule has 1 N–H and O–H groups in total. The number of rotatable bonds is 6. The summed E-state index contributed by atoms with van der Waals surface area (Å²) in [6, 6.07) is 2.96. The van der Waals surface area contributed by atoms with Crippen LogP contribution in [0.1, 0.15) is 25.3 Å². The van der Waals surface area contributed by atoms with Crippen LogP contribution in [0.15, 0.2) is 24.5 Å². The summed E-state index contributed by atoms with van der Waals surface area (Å²) < 4.78 is 37.1. The van der Waals surface area contributed by atoms with Crippen molar-refractivity contribution in [3.63, 3.8) is 0 Å². The van der Waals surface area contributed by atoms with E-state index in [-0.39, 0.29) is 0 Å². The number of nitrogens with one attached hydrogen (secondary N) is 1. The fourth-order valence-corrected chi connectivity index (χ4v) is 1.65. The molecule has 1 aromatic rings. The molecule has 0 aliphatic rings. The molecule has 1 rings (SSSR count). The maximum Gasteiger partial charge on any atom is 0.390 e. The molecular weight excluding hydrogens is 229 g/mol. The first-order valence-electron chi connectivity index (χ1n) is 5.70. The van der Waals surface area contributed by atoms with E-state index in [1.165, 1.54) is 0 Å². The van der Waals surface area contributed by atoms with E-state index in [0.29, 0.717) is 13.0 Å². The summed E-state index contributed by atoms with van der Waals surface area (Å²) in [7, 11) is 0. The quantitative estimate of drug-likeness (QED) is 0.834.